The van der Waals surface area contributed by atoms with Gasteiger partial charge >= 0.3 is 8.60 Å². The molecule has 0 aliphatic heterocycles. The van der Waals surface area contributed by atoms with Crippen molar-refractivity contribution in [2.24, 2.45) is 0 Å². The summed E-state index contributed by atoms with van der Waals surface area (Å²) in [5, 5.41) is 0. The molecule has 9 nitrogen and oxygen atoms in total. The first-order valence-electron chi connectivity index (χ1n) is 10.9. The number of rotatable bonds is 15. The van der Waals surface area contributed by atoms with Gasteiger partial charge in [0.2, 0.25) is 9.03 Å². The molecule has 1 heterocycles. The number of ether oxygens (including phenoxy) is 3. The summed E-state index contributed by atoms with van der Waals surface area (Å²) in [4.78, 5) is 4.39. The number of aromatic nitrogens is 1. The molecule has 1 atom stereocenters. The number of hydrogen-bond acceptors (Lipinski definition) is 9. The van der Waals surface area contributed by atoms with E-state index in [1.807, 2.05) is 37.3 Å². The fraction of sp³-hybridized carbons (Fsp3) is 0.240. The molecular formula is C25H29NO8P2. The molecule has 36 heavy (non-hydrogen) atoms. The van der Waals surface area contributed by atoms with E-state index >= 15 is 0 Å². The van der Waals surface area contributed by atoms with E-state index < -0.39 is 8.60 Å². The summed E-state index contributed by atoms with van der Waals surface area (Å²) in [6.07, 6.45) is 3.49. The molecule has 3 rings (SSSR count). The lowest BCUT2D eigenvalue weighted by Crippen LogP contribution is -2.04. The number of pyridine rings is 1. The molecule has 0 N–H and O–H groups in total. The average Bonchev–Trinajstić information content (AvgIpc) is 2.93. The number of hydrogen-bond donors (Lipinski definition) is 0. The highest BCUT2D eigenvalue weighted by molar-refractivity contribution is 7.42. The van der Waals surface area contributed by atoms with Crippen LogP contribution in [0, 0.1) is 0 Å². The van der Waals surface area contributed by atoms with E-state index in [0.29, 0.717) is 46.8 Å². The Morgan fingerprint density at radius 3 is 1.97 bits per heavy atom. The molecule has 0 bridgehead atoms. The molecule has 11 heteroatoms. The van der Waals surface area contributed by atoms with Crippen molar-refractivity contribution in [2.45, 2.75) is 13.5 Å². The van der Waals surface area contributed by atoms with Crippen LogP contribution in [0.15, 0.2) is 78.7 Å². The largest absolute Gasteiger partial charge is 0.499 e. The molecule has 2 aromatic carbocycles. The number of methoxy groups -OCH3 is 3. The highest BCUT2D eigenvalue weighted by Gasteiger charge is 2.22. The Morgan fingerprint density at radius 2 is 1.42 bits per heavy atom. The second kappa shape index (κ2) is 15.1. The lowest BCUT2D eigenvalue weighted by atomic mass is 10.3. The van der Waals surface area contributed by atoms with Crippen molar-refractivity contribution in [1.82, 2.24) is 4.98 Å². The van der Waals surface area contributed by atoms with Crippen molar-refractivity contribution < 1.29 is 36.8 Å². The van der Waals surface area contributed by atoms with Crippen LogP contribution in [-0.2, 0) is 20.4 Å². The third kappa shape index (κ3) is 8.25. The minimum atomic E-state index is -1.93. The van der Waals surface area contributed by atoms with Gasteiger partial charge in [0.25, 0.3) is 0 Å². The number of benzene rings is 2. The van der Waals surface area contributed by atoms with Crippen LogP contribution >= 0.6 is 17.6 Å². The third-order valence-electron chi connectivity index (χ3n) is 4.65. The Balaban J connectivity index is 1.71. The van der Waals surface area contributed by atoms with Crippen molar-refractivity contribution in [3.8, 4) is 28.7 Å². The van der Waals surface area contributed by atoms with Crippen molar-refractivity contribution in [3.05, 3.63) is 84.4 Å². The first kappa shape index (κ1) is 27.5. The highest BCUT2D eigenvalue weighted by Crippen LogP contribution is 2.47. The van der Waals surface area contributed by atoms with Gasteiger partial charge in [0, 0.05) is 6.20 Å². The van der Waals surface area contributed by atoms with E-state index in [1.165, 1.54) is 0 Å². The Kier molecular flexibility index (Phi) is 11.5. The van der Waals surface area contributed by atoms with Gasteiger partial charge in [-0.1, -0.05) is 24.3 Å². The fourth-order valence-corrected chi connectivity index (χ4v) is 4.32. The topological polar surface area (TPSA) is 86.7 Å². The monoisotopic (exact) mass is 533 g/mol. The normalized spacial score (nSPS) is 11.5. The molecule has 192 valence electrons. The van der Waals surface area contributed by atoms with Crippen LogP contribution in [-0.4, -0.2) is 32.9 Å². The van der Waals surface area contributed by atoms with Gasteiger partial charge in [-0.15, -0.1) is 0 Å². The van der Waals surface area contributed by atoms with Crippen LogP contribution in [0.25, 0.3) is 0 Å². The van der Waals surface area contributed by atoms with Gasteiger partial charge in [-0.05, 0) is 49.4 Å². The van der Waals surface area contributed by atoms with E-state index in [9.17, 15) is 0 Å². The highest BCUT2D eigenvalue weighted by atomic mass is 31.2. The third-order valence-corrected chi connectivity index (χ3v) is 6.25. The minimum Gasteiger partial charge on any atom is -0.499 e. The summed E-state index contributed by atoms with van der Waals surface area (Å²) in [5.41, 5.74) is 0.561. The molecule has 0 saturated carbocycles. The van der Waals surface area contributed by atoms with Gasteiger partial charge in [0.15, 0.2) is 23.0 Å². The molecule has 0 fully saturated rings. The van der Waals surface area contributed by atoms with E-state index in [-0.39, 0.29) is 15.6 Å². The lowest BCUT2D eigenvalue weighted by molar-refractivity contribution is 0.223. The van der Waals surface area contributed by atoms with Gasteiger partial charge in [-0.25, -0.2) is 0 Å². The maximum absolute atomic E-state index is 6.08. The SMILES string of the molecule is C/C=C(\COPOc1cccnc1COP(Oc1ccccc1OC)Oc1ccccc1OC)OC. The average molecular weight is 533 g/mol. The summed E-state index contributed by atoms with van der Waals surface area (Å²) >= 11 is 0. The predicted molar refractivity (Wildman–Crippen MR) is 139 cm³/mol. The van der Waals surface area contributed by atoms with Crippen molar-refractivity contribution in [1.29, 1.82) is 0 Å². The zero-order chi connectivity index (χ0) is 25.6. The number of para-hydroxylation sites is 4. The Labute approximate surface area is 214 Å². The summed E-state index contributed by atoms with van der Waals surface area (Å²) in [6, 6.07) is 18.1. The summed E-state index contributed by atoms with van der Waals surface area (Å²) in [5.74, 6) is 3.30. The van der Waals surface area contributed by atoms with E-state index in [2.05, 4.69) is 4.98 Å². The first-order chi connectivity index (χ1) is 17.7. The minimum absolute atomic E-state index is 0.0643. The molecule has 0 aliphatic rings. The smallest absolute Gasteiger partial charge is 0.463 e. The second-order valence-corrected chi connectivity index (χ2v) is 8.59. The van der Waals surface area contributed by atoms with Gasteiger partial charge in [0.05, 0.1) is 21.3 Å². The van der Waals surface area contributed by atoms with Gasteiger partial charge < -0.3 is 32.3 Å². The standard InChI is InChI=1S/C25H29NO8P2/c1-5-19(27-2)17-30-35-32-21-15-10-16-26-20(21)18-31-36(33-24-13-8-6-11-22(24)28-3)34-25-14-9-7-12-23(25)29-4/h5-16,35H,17-18H2,1-4H3/b19-5+. The Bertz CT molecular complexity index is 1070. The van der Waals surface area contributed by atoms with Gasteiger partial charge in [-0.3, -0.25) is 9.51 Å². The Morgan fingerprint density at radius 1 is 0.833 bits per heavy atom. The van der Waals surface area contributed by atoms with E-state index in [1.54, 1.807) is 63.9 Å². The van der Waals surface area contributed by atoms with Gasteiger partial charge in [0.1, 0.15) is 30.4 Å². The zero-order valence-corrected chi connectivity index (χ0v) is 22.4. The predicted octanol–water partition coefficient (Wildman–Crippen LogP) is 6.45. The van der Waals surface area contributed by atoms with Crippen LogP contribution in [0.4, 0.5) is 0 Å². The molecule has 0 saturated heterocycles. The number of nitrogens with zero attached hydrogens (tertiary/aromatic N) is 1. The maximum Gasteiger partial charge on any atom is 0.463 e. The first-order valence-corrected chi connectivity index (χ1v) is 12.8. The van der Waals surface area contributed by atoms with Crippen molar-refractivity contribution in [2.75, 3.05) is 27.9 Å². The van der Waals surface area contributed by atoms with E-state index in [4.69, 9.17) is 36.8 Å². The summed E-state index contributed by atoms with van der Waals surface area (Å²) in [7, 11) is 2.55. The molecular weight excluding hydrogens is 504 g/mol. The van der Waals surface area contributed by atoms with Crippen LogP contribution < -0.4 is 23.0 Å². The van der Waals surface area contributed by atoms with Crippen molar-refractivity contribution in [3.63, 3.8) is 0 Å². The van der Waals surface area contributed by atoms with Crippen molar-refractivity contribution >= 4 is 17.6 Å². The summed E-state index contributed by atoms with van der Waals surface area (Å²) < 4.78 is 45.5. The zero-order valence-electron chi connectivity index (χ0n) is 20.5. The second-order valence-electron chi connectivity index (χ2n) is 6.86. The molecule has 3 aromatic rings. The lowest BCUT2D eigenvalue weighted by Gasteiger charge is -2.20. The van der Waals surface area contributed by atoms with E-state index in [0.717, 1.165) is 0 Å². The molecule has 1 aromatic heterocycles. The van der Waals surface area contributed by atoms with Crippen LogP contribution in [0.2, 0.25) is 0 Å². The summed E-state index contributed by atoms with van der Waals surface area (Å²) in [6.45, 7) is 2.25. The van der Waals surface area contributed by atoms with Crippen LogP contribution in [0.3, 0.4) is 0 Å². The molecule has 0 spiro atoms. The fourth-order valence-electron chi connectivity index (χ4n) is 2.79. The Hall–Kier alpha value is -3.09. The van der Waals surface area contributed by atoms with Crippen LogP contribution in [0.1, 0.15) is 12.6 Å². The molecule has 0 amide bonds. The molecule has 0 radical (unpaired) electrons. The number of allylic oxidation sites excluding steroid dienone is 1. The molecule has 0 aliphatic carbocycles. The quantitative estimate of drug-likeness (QED) is 0.124. The van der Waals surface area contributed by atoms with Gasteiger partial charge in [-0.2, -0.15) is 0 Å². The molecule has 1 unspecified atom stereocenters. The maximum atomic E-state index is 6.08. The van der Waals surface area contributed by atoms with Crippen LogP contribution in [0.5, 0.6) is 28.7 Å².